The highest BCUT2D eigenvalue weighted by molar-refractivity contribution is 6.95. The third-order valence-corrected chi connectivity index (χ3v) is 11.8. The van der Waals surface area contributed by atoms with Crippen LogP contribution in [-0.2, 0) is 0 Å². The Balaban J connectivity index is 3.60. The Morgan fingerprint density at radius 3 is 1.85 bits per heavy atom. The Bertz CT molecular complexity index is 451. The minimum absolute atomic E-state index is 0.487. The molecular formula is C18H30OSi. The largest absolute Gasteiger partial charge is 0.508 e. The van der Waals surface area contributed by atoms with Gasteiger partial charge >= 0.3 is 0 Å². The number of hydrogen-bond donors (Lipinski definition) is 1. The van der Waals surface area contributed by atoms with Gasteiger partial charge in [0, 0.05) is 0 Å². The van der Waals surface area contributed by atoms with Gasteiger partial charge in [0.15, 0.2) is 0 Å². The summed E-state index contributed by atoms with van der Waals surface area (Å²) in [5, 5.41) is 11.7. The molecule has 0 aliphatic carbocycles. The summed E-state index contributed by atoms with van der Waals surface area (Å²) in [6.45, 7) is 16.0. The molecular weight excluding hydrogens is 260 g/mol. The summed E-state index contributed by atoms with van der Waals surface area (Å²) >= 11 is 0. The van der Waals surface area contributed by atoms with Gasteiger partial charge in [0.2, 0.25) is 0 Å². The summed E-state index contributed by atoms with van der Waals surface area (Å²) in [6, 6.07) is 6.10. The lowest BCUT2D eigenvalue weighted by Crippen LogP contribution is -2.55. The highest BCUT2D eigenvalue weighted by atomic mass is 28.3. The van der Waals surface area contributed by atoms with Gasteiger partial charge in [-0.3, -0.25) is 0 Å². The van der Waals surface area contributed by atoms with Gasteiger partial charge in [-0.1, -0.05) is 65.8 Å². The van der Waals surface area contributed by atoms with Gasteiger partial charge in [-0.15, -0.1) is 0 Å². The van der Waals surface area contributed by atoms with E-state index in [1.54, 1.807) is 0 Å². The van der Waals surface area contributed by atoms with E-state index in [1.165, 1.54) is 10.8 Å². The van der Waals surface area contributed by atoms with Crippen molar-refractivity contribution in [2.75, 3.05) is 0 Å². The molecule has 1 nitrogen and oxygen atoms in total. The van der Waals surface area contributed by atoms with Crippen LogP contribution in [0.4, 0.5) is 0 Å². The smallest absolute Gasteiger partial charge is 0.114 e. The van der Waals surface area contributed by atoms with Crippen LogP contribution in [0.15, 0.2) is 24.3 Å². The quantitative estimate of drug-likeness (QED) is 0.728. The molecule has 0 aromatic heterocycles. The lowest BCUT2D eigenvalue weighted by atomic mass is 10.2. The van der Waals surface area contributed by atoms with Crippen molar-refractivity contribution in [3.8, 4) is 5.75 Å². The molecule has 1 aromatic carbocycles. The predicted octanol–water partition coefficient (Wildman–Crippen LogP) is 5.31. The fourth-order valence-corrected chi connectivity index (χ4v) is 10.9. The maximum atomic E-state index is 10.5. The molecule has 112 valence electrons. The van der Waals surface area contributed by atoms with Gasteiger partial charge in [0.05, 0.1) is 8.07 Å². The van der Waals surface area contributed by atoms with Crippen molar-refractivity contribution in [1.29, 1.82) is 0 Å². The highest BCUT2D eigenvalue weighted by Crippen LogP contribution is 2.42. The summed E-state index contributed by atoms with van der Waals surface area (Å²) in [4.78, 5) is 0. The zero-order valence-electron chi connectivity index (χ0n) is 14.1. The van der Waals surface area contributed by atoms with E-state index in [0.717, 1.165) is 0 Å². The van der Waals surface area contributed by atoms with Crippen LogP contribution in [0.3, 0.4) is 0 Å². The van der Waals surface area contributed by atoms with Crippen LogP contribution in [0.2, 0.25) is 16.6 Å². The molecule has 1 aromatic rings. The predicted molar refractivity (Wildman–Crippen MR) is 93.5 cm³/mol. The Labute approximate surface area is 125 Å². The third kappa shape index (κ3) is 2.85. The zero-order valence-corrected chi connectivity index (χ0v) is 15.1. The van der Waals surface area contributed by atoms with Crippen molar-refractivity contribution < 1.29 is 5.11 Å². The van der Waals surface area contributed by atoms with Crippen LogP contribution >= 0.6 is 0 Å². The molecule has 0 saturated carbocycles. The molecule has 0 saturated heterocycles. The van der Waals surface area contributed by atoms with Crippen LogP contribution in [-0.4, -0.2) is 13.2 Å². The molecule has 0 spiro atoms. The monoisotopic (exact) mass is 290 g/mol. The summed E-state index contributed by atoms with van der Waals surface area (Å²) in [5.41, 5.74) is 3.01. The van der Waals surface area contributed by atoms with Crippen molar-refractivity contribution >= 4 is 19.3 Å². The average molecular weight is 291 g/mol. The molecule has 1 N–H and O–H groups in total. The maximum absolute atomic E-state index is 10.5. The average Bonchev–Trinajstić information content (AvgIpc) is 2.32. The standard InChI is InChI=1S/C18H30OSi/c1-8-9-16-10-11-17(19)18(12-16)20(13(2)3,14(4)5)15(6)7/h8-15,19H,1-7H3/b9-8+. The van der Waals surface area contributed by atoms with E-state index in [9.17, 15) is 5.11 Å². The molecule has 0 unspecified atom stereocenters. The van der Waals surface area contributed by atoms with E-state index < -0.39 is 8.07 Å². The fourth-order valence-electron chi connectivity index (χ4n) is 4.13. The molecule has 20 heavy (non-hydrogen) atoms. The lowest BCUT2D eigenvalue weighted by Gasteiger charge is -2.44. The van der Waals surface area contributed by atoms with Gasteiger partial charge < -0.3 is 5.11 Å². The minimum Gasteiger partial charge on any atom is -0.508 e. The Morgan fingerprint density at radius 1 is 0.950 bits per heavy atom. The number of aromatic hydroxyl groups is 1. The second kappa shape index (κ2) is 6.62. The van der Waals surface area contributed by atoms with Crippen LogP contribution in [0.25, 0.3) is 6.08 Å². The third-order valence-electron chi connectivity index (χ3n) is 4.71. The van der Waals surface area contributed by atoms with Gasteiger partial charge in [-0.25, -0.2) is 0 Å². The van der Waals surface area contributed by atoms with Crippen molar-refractivity contribution in [1.82, 2.24) is 0 Å². The molecule has 0 fully saturated rings. The van der Waals surface area contributed by atoms with Crippen LogP contribution in [0, 0.1) is 0 Å². The van der Waals surface area contributed by atoms with Crippen molar-refractivity contribution in [3.05, 3.63) is 29.8 Å². The van der Waals surface area contributed by atoms with E-state index in [2.05, 4.69) is 59.8 Å². The maximum Gasteiger partial charge on any atom is 0.114 e. The number of hydrogen-bond acceptors (Lipinski definition) is 1. The normalized spacial score (nSPS) is 13.1. The molecule has 0 amide bonds. The second-order valence-electron chi connectivity index (χ2n) is 6.67. The topological polar surface area (TPSA) is 20.2 Å². The molecule has 1 rings (SSSR count). The number of allylic oxidation sites excluding steroid dienone is 1. The van der Waals surface area contributed by atoms with Crippen molar-refractivity contribution in [3.63, 3.8) is 0 Å². The van der Waals surface area contributed by atoms with E-state index in [-0.39, 0.29) is 0 Å². The highest BCUT2D eigenvalue weighted by Gasteiger charge is 2.45. The van der Waals surface area contributed by atoms with Gasteiger partial charge in [-0.05, 0) is 40.4 Å². The molecule has 0 aliphatic heterocycles. The van der Waals surface area contributed by atoms with E-state index >= 15 is 0 Å². The fraction of sp³-hybridized carbons (Fsp3) is 0.556. The Kier molecular flexibility index (Phi) is 5.64. The number of phenols is 1. The lowest BCUT2D eigenvalue weighted by molar-refractivity contribution is 0.478. The van der Waals surface area contributed by atoms with Crippen molar-refractivity contribution in [2.24, 2.45) is 0 Å². The summed E-state index contributed by atoms with van der Waals surface area (Å²) in [5.74, 6) is 0.487. The molecule has 0 bridgehead atoms. The van der Waals surface area contributed by atoms with Gasteiger partial charge in [-0.2, -0.15) is 0 Å². The summed E-state index contributed by atoms with van der Waals surface area (Å²) in [7, 11) is -1.79. The molecule has 0 atom stereocenters. The number of rotatable bonds is 5. The van der Waals surface area contributed by atoms with Gasteiger partial charge in [0.25, 0.3) is 0 Å². The first-order valence-corrected chi connectivity index (χ1v) is 9.97. The second-order valence-corrected chi connectivity index (χ2v) is 12.5. The first kappa shape index (κ1) is 17.0. The Hall–Kier alpha value is -1.02. The van der Waals surface area contributed by atoms with E-state index in [1.807, 2.05) is 19.1 Å². The summed E-state index contributed by atoms with van der Waals surface area (Å²) < 4.78 is 0. The number of phenolic OH excluding ortho intramolecular Hbond substituents is 1. The Morgan fingerprint density at radius 2 is 1.45 bits per heavy atom. The number of benzene rings is 1. The molecule has 0 heterocycles. The van der Waals surface area contributed by atoms with Crippen LogP contribution in [0.5, 0.6) is 5.75 Å². The zero-order chi connectivity index (χ0) is 15.5. The van der Waals surface area contributed by atoms with Gasteiger partial charge in [0.1, 0.15) is 5.75 Å². The first-order valence-electron chi connectivity index (χ1n) is 7.74. The van der Waals surface area contributed by atoms with Crippen LogP contribution in [0.1, 0.15) is 54.0 Å². The molecule has 2 heteroatoms. The SMILES string of the molecule is C/C=C/c1ccc(O)c([Si](C(C)C)(C(C)C)C(C)C)c1. The van der Waals surface area contributed by atoms with Crippen LogP contribution < -0.4 is 5.19 Å². The summed E-state index contributed by atoms with van der Waals surface area (Å²) in [6.07, 6.45) is 4.17. The minimum atomic E-state index is -1.79. The first-order chi connectivity index (χ1) is 9.28. The molecule has 0 radical (unpaired) electrons. The van der Waals surface area contributed by atoms with Crippen molar-refractivity contribution in [2.45, 2.75) is 65.1 Å². The molecule has 0 aliphatic rings. The van der Waals surface area contributed by atoms with E-state index in [0.29, 0.717) is 22.4 Å². The van der Waals surface area contributed by atoms with E-state index in [4.69, 9.17) is 0 Å².